The summed E-state index contributed by atoms with van der Waals surface area (Å²) in [6.07, 6.45) is 0. The van der Waals surface area contributed by atoms with Crippen molar-refractivity contribution < 1.29 is 13.9 Å². The summed E-state index contributed by atoms with van der Waals surface area (Å²) in [6, 6.07) is 10.1. The number of ether oxygens (including phenoxy) is 2. The average Bonchev–Trinajstić information content (AvgIpc) is 2.41. The molecule has 0 atom stereocenters. The molecular formula is C14H12ClFO2. The van der Waals surface area contributed by atoms with Crippen LogP contribution in [0, 0.1) is 5.82 Å². The number of methoxy groups -OCH3 is 2. The fourth-order valence-corrected chi connectivity index (χ4v) is 1.86. The van der Waals surface area contributed by atoms with Gasteiger partial charge in [-0.1, -0.05) is 23.7 Å². The molecule has 0 aliphatic carbocycles. The van der Waals surface area contributed by atoms with E-state index < -0.39 is 5.82 Å². The van der Waals surface area contributed by atoms with Gasteiger partial charge in [0.1, 0.15) is 17.3 Å². The number of hydrogen-bond acceptors (Lipinski definition) is 2. The first-order valence-corrected chi connectivity index (χ1v) is 5.71. The molecule has 0 saturated heterocycles. The zero-order valence-corrected chi connectivity index (χ0v) is 10.8. The van der Waals surface area contributed by atoms with Gasteiger partial charge < -0.3 is 9.47 Å². The van der Waals surface area contributed by atoms with Gasteiger partial charge in [-0.2, -0.15) is 0 Å². The highest BCUT2D eigenvalue weighted by molar-refractivity contribution is 6.31. The van der Waals surface area contributed by atoms with Gasteiger partial charge in [0.15, 0.2) is 0 Å². The van der Waals surface area contributed by atoms with Crippen molar-refractivity contribution in [1.29, 1.82) is 0 Å². The summed E-state index contributed by atoms with van der Waals surface area (Å²) in [5, 5.41) is 0.0919. The van der Waals surface area contributed by atoms with Crippen LogP contribution < -0.4 is 9.47 Å². The lowest BCUT2D eigenvalue weighted by molar-refractivity contribution is 0.394. The lowest BCUT2D eigenvalue weighted by atomic mass is 10.0. The summed E-state index contributed by atoms with van der Waals surface area (Å²) >= 11 is 5.77. The summed E-state index contributed by atoms with van der Waals surface area (Å²) in [7, 11) is 3.10. The van der Waals surface area contributed by atoms with Crippen LogP contribution in [0.1, 0.15) is 0 Å². The molecule has 0 heterocycles. The molecule has 2 nitrogen and oxygen atoms in total. The summed E-state index contributed by atoms with van der Waals surface area (Å²) in [4.78, 5) is 0. The van der Waals surface area contributed by atoms with E-state index in [2.05, 4.69) is 0 Å². The van der Waals surface area contributed by atoms with Gasteiger partial charge >= 0.3 is 0 Å². The summed E-state index contributed by atoms with van der Waals surface area (Å²) < 4.78 is 24.3. The Morgan fingerprint density at radius 2 is 1.61 bits per heavy atom. The quantitative estimate of drug-likeness (QED) is 0.830. The Kier molecular flexibility index (Phi) is 3.72. The largest absolute Gasteiger partial charge is 0.497 e. The number of benzene rings is 2. The fourth-order valence-electron chi connectivity index (χ4n) is 1.69. The lowest BCUT2D eigenvalue weighted by Crippen LogP contribution is -1.91. The standard InChI is InChI=1S/C14H12ClFO2/c1-17-10-6-9(7-11(8-10)18-2)12-4-3-5-13(15)14(12)16/h3-8H,1-2H3. The third-order valence-corrected chi connectivity index (χ3v) is 2.91. The Labute approximate surface area is 110 Å². The van der Waals surface area contributed by atoms with Crippen LogP contribution in [0.2, 0.25) is 5.02 Å². The van der Waals surface area contributed by atoms with Crippen LogP contribution >= 0.6 is 11.6 Å². The Morgan fingerprint density at radius 1 is 1.00 bits per heavy atom. The molecular weight excluding hydrogens is 255 g/mol. The predicted octanol–water partition coefficient (Wildman–Crippen LogP) is 4.16. The van der Waals surface area contributed by atoms with Gasteiger partial charge in [-0.05, 0) is 23.8 Å². The molecule has 0 aliphatic rings. The van der Waals surface area contributed by atoms with Crippen LogP contribution in [0.15, 0.2) is 36.4 Å². The molecule has 0 amide bonds. The smallest absolute Gasteiger partial charge is 0.149 e. The normalized spacial score (nSPS) is 10.2. The van der Waals surface area contributed by atoms with Crippen LogP contribution in [0.5, 0.6) is 11.5 Å². The van der Waals surface area contributed by atoms with E-state index in [0.717, 1.165) is 0 Å². The molecule has 0 aliphatic heterocycles. The molecule has 0 bridgehead atoms. The SMILES string of the molecule is COc1cc(OC)cc(-c2cccc(Cl)c2F)c1. The Hall–Kier alpha value is -1.74. The van der Waals surface area contributed by atoms with E-state index >= 15 is 0 Å². The first kappa shape index (κ1) is 12.7. The molecule has 0 fully saturated rings. The topological polar surface area (TPSA) is 18.5 Å². The van der Waals surface area contributed by atoms with Crippen molar-refractivity contribution in [2.45, 2.75) is 0 Å². The minimum Gasteiger partial charge on any atom is -0.497 e. The van der Waals surface area contributed by atoms with Gasteiger partial charge in [-0.15, -0.1) is 0 Å². The Balaban J connectivity index is 2.59. The van der Waals surface area contributed by atoms with E-state index in [1.54, 1.807) is 44.6 Å². The number of hydrogen-bond donors (Lipinski definition) is 0. The number of halogens is 2. The highest BCUT2D eigenvalue weighted by Gasteiger charge is 2.11. The predicted molar refractivity (Wildman–Crippen MR) is 70.0 cm³/mol. The Morgan fingerprint density at radius 3 is 2.17 bits per heavy atom. The molecule has 0 spiro atoms. The lowest BCUT2D eigenvalue weighted by Gasteiger charge is -2.09. The maximum atomic E-state index is 13.9. The molecule has 18 heavy (non-hydrogen) atoms. The molecule has 2 rings (SSSR count). The molecule has 0 saturated carbocycles. The van der Waals surface area contributed by atoms with E-state index in [-0.39, 0.29) is 5.02 Å². The van der Waals surface area contributed by atoms with Gasteiger partial charge in [-0.25, -0.2) is 4.39 Å². The third kappa shape index (κ3) is 2.41. The highest BCUT2D eigenvalue weighted by atomic mass is 35.5. The second kappa shape index (κ2) is 5.27. The van der Waals surface area contributed by atoms with E-state index in [4.69, 9.17) is 21.1 Å². The summed E-state index contributed by atoms with van der Waals surface area (Å²) in [5.74, 6) is 0.752. The van der Waals surface area contributed by atoms with Crippen LogP contribution in [-0.2, 0) is 0 Å². The van der Waals surface area contributed by atoms with Gasteiger partial charge in [0.25, 0.3) is 0 Å². The van der Waals surface area contributed by atoms with Crippen LogP contribution in [0.25, 0.3) is 11.1 Å². The van der Waals surface area contributed by atoms with Crippen molar-refractivity contribution in [2.75, 3.05) is 14.2 Å². The number of rotatable bonds is 3. The second-order valence-corrected chi connectivity index (χ2v) is 4.11. The van der Waals surface area contributed by atoms with E-state index in [1.807, 2.05) is 0 Å². The van der Waals surface area contributed by atoms with Gasteiger partial charge in [0, 0.05) is 11.6 Å². The van der Waals surface area contributed by atoms with Crippen molar-refractivity contribution >= 4 is 11.6 Å². The van der Waals surface area contributed by atoms with Crippen molar-refractivity contribution in [1.82, 2.24) is 0 Å². The van der Waals surface area contributed by atoms with E-state index in [1.165, 1.54) is 6.07 Å². The summed E-state index contributed by atoms with van der Waals surface area (Å²) in [5.41, 5.74) is 1.07. The van der Waals surface area contributed by atoms with Crippen molar-refractivity contribution in [3.8, 4) is 22.6 Å². The summed E-state index contributed by atoms with van der Waals surface area (Å²) in [6.45, 7) is 0. The minimum atomic E-state index is -0.450. The molecule has 0 N–H and O–H groups in total. The molecule has 2 aromatic rings. The minimum absolute atomic E-state index is 0.0919. The maximum Gasteiger partial charge on any atom is 0.149 e. The van der Waals surface area contributed by atoms with Gasteiger partial charge in [-0.3, -0.25) is 0 Å². The van der Waals surface area contributed by atoms with E-state index in [9.17, 15) is 4.39 Å². The van der Waals surface area contributed by atoms with Crippen molar-refractivity contribution in [3.05, 3.63) is 47.2 Å². The third-order valence-electron chi connectivity index (χ3n) is 2.61. The zero-order valence-electron chi connectivity index (χ0n) is 10.0. The monoisotopic (exact) mass is 266 g/mol. The van der Waals surface area contributed by atoms with Crippen LogP contribution in [0.4, 0.5) is 4.39 Å². The average molecular weight is 267 g/mol. The fraction of sp³-hybridized carbons (Fsp3) is 0.143. The van der Waals surface area contributed by atoms with E-state index in [0.29, 0.717) is 22.6 Å². The zero-order chi connectivity index (χ0) is 13.1. The first-order valence-electron chi connectivity index (χ1n) is 5.33. The van der Waals surface area contributed by atoms with Crippen LogP contribution in [-0.4, -0.2) is 14.2 Å². The Bertz CT molecular complexity index is 547. The highest BCUT2D eigenvalue weighted by Crippen LogP contribution is 2.33. The first-order chi connectivity index (χ1) is 8.65. The van der Waals surface area contributed by atoms with Crippen molar-refractivity contribution in [2.24, 2.45) is 0 Å². The molecule has 0 aromatic heterocycles. The van der Waals surface area contributed by atoms with Crippen LogP contribution in [0.3, 0.4) is 0 Å². The molecule has 0 radical (unpaired) electrons. The molecule has 2 aromatic carbocycles. The molecule has 4 heteroatoms. The molecule has 94 valence electrons. The molecule has 0 unspecified atom stereocenters. The maximum absolute atomic E-state index is 13.9. The second-order valence-electron chi connectivity index (χ2n) is 3.70. The van der Waals surface area contributed by atoms with Gasteiger partial charge in [0.2, 0.25) is 0 Å². The van der Waals surface area contributed by atoms with Crippen molar-refractivity contribution in [3.63, 3.8) is 0 Å². The van der Waals surface area contributed by atoms with Gasteiger partial charge in [0.05, 0.1) is 19.2 Å².